The average molecular weight is 454 g/mol. The number of nitrogens with zero attached hydrogens (tertiary/aromatic N) is 3. The van der Waals surface area contributed by atoms with Crippen LogP contribution in [0.3, 0.4) is 0 Å². The van der Waals surface area contributed by atoms with Crippen LogP contribution in [-0.2, 0) is 9.59 Å². The zero-order chi connectivity index (χ0) is 21.7. The number of aliphatic carboxylic acids is 2. The number of anilines is 1. The van der Waals surface area contributed by atoms with Crippen molar-refractivity contribution in [2.45, 2.75) is 25.3 Å². The van der Waals surface area contributed by atoms with Gasteiger partial charge in [-0.25, -0.2) is 0 Å². The summed E-state index contributed by atoms with van der Waals surface area (Å²) in [5.41, 5.74) is 7.35. The minimum Gasteiger partial charge on any atom is -0.481 e. The number of hydrogen-bond donors (Lipinski definition) is 4. The summed E-state index contributed by atoms with van der Waals surface area (Å²) >= 11 is 0. The first-order valence-electron chi connectivity index (χ1n) is 10.4. The molecule has 2 aliphatic rings. The van der Waals surface area contributed by atoms with Crippen molar-refractivity contribution in [3.8, 4) is 0 Å². The molecule has 0 amide bonds. The van der Waals surface area contributed by atoms with Crippen LogP contribution in [0.4, 0.5) is 5.69 Å². The lowest BCUT2D eigenvalue weighted by Crippen LogP contribution is -2.57. The van der Waals surface area contributed by atoms with Gasteiger partial charge in [0, 0.05) is 63.0 Å². The van der Waals surface area contributed by atoms with Crippen molar-refractivity contribution in [3.63, 3.8) is 0 Å². The van der Waals surface area contributed by atoms with Crippen molar-refractivity contribution in [1.29, 1.82) is 5.41 Å². The van der Waals surface area contributed by atoms with E-state index < -0.39 is 11.9 Å². The summed E-state index contributed by atoms with van der Waals surface area (Å²) in [5, 5.41) is 25.7. The Morgan fingerprint density at radius 1 is 1.03 bits per heavy atom. The number of nitrogen functional groups attached to an aromatic ring is 1. The van der Waals surface area contributed by atoms with Crippen LogP contribution < -0.4 is 10.6 Å². The molecular formula is C21H32ClN5O4. The number of nitrogens with one attached hydrogen (secondary N) is 1. The van der Waals surface area contributed by atoms with Crippen molar-refractivity contribution < 1.29 is 19.8 Å². The predicted octanol–water partition coefficient (Wildman–Crippen LogP) is 1.15. The second-order valence-electron chi connectivity index (χ2n) is 8.16. The Balaban J connectivity index is 0.00000341. The van der Waals surface area contributed by atoms with E-state index in [1.807, 2.05) is 29.2 Å². The van der Waals surface area contributed by atoms with Gasteiger partial charge in [-0.1, -0.05) is 0 Å². The summed E-state index contributed by atoms with van der Waals surface area (Å²) in [5.74, 6) is -1.42. The zero-order valence-corrected chi connectivity index (χ0v) is 18.4. The summed E-state index contributed by atoms with van der Waals surface area (Å²) in [4.78, 5) is 28.9. The van der Waals surface area contributed by atoms with Crippen LogP contribution in [0.25, 0.3) is 0 Å². The Hall–Kier alpha value is -2.36. The molecule has 2 heterocycles. The molecule has 2 fully saturated rings. The van der Waals surface area contributed by atoms with Gasteiger partial charge in [0.25, 0.3) is 0 Å². The van der Waals surface area contributed by atoms with E-state index in [9.17, 15) is 9.59 Å². The number of benzene rings is 1. The van der Waals surface area contributed by atoms with Gasteiger partial charge in [0.1, 0.15) is 5.84 Å². The summed E-state index contributed by atoms with van der Waals surface area (Å²) in [6.07, 6.45) is 1.55. The molecule has 2 saturated heterocycles. The molecule has 2 unspecified atom stereocenters. The highest BCUT2D eigenvalue weighted by atomic mass is 35.5. The smallest absolute Gasteiger partial charge is 0.317 e. The lowest BCUT2D eigenvalue weighted by molar-refractivity contribution is -0.140. The van der Waals surface area contributed by atoms with Crippen LogP contribution >= 0.6 is 12.4 Å². The van der Waals surface area contributed by atoms with E-state index in [0.29, 0.717) is 18.5 Å². The van der Waals surface area contributed by atoms with E-state index in [4.69, 9.17) is 21.4 Å². The minimum absolute atomic E-state index is 0. The fourth-order valence-corrected chi connectivity index (χ4v) is 4.67. The number of carboxylic acids is 2. The predicted molar refractivity (Wildman–Crippen MR) is 121 cm³/mol. The van der Waals surface area contributed by atoms with Crippen LogP contribution in [0.15, 0.2) is 24.3 Å². The summed E-state index contributed by atoms with van der Waals surface area (Å²) in [6, 6.07) is 8.00. The number of carbonyl (C=O) groups is 2. The average Bonchev–Trinajstić information content (AvgIpc) is 2.72. The largest absolute Gasteiger partial charge is 0.481 e. The molecule has 0 saturated carbocycles. The van der Waals surface area contributed by atoms with Crippen LogP contribution in [0, 0.1) is 11.3 Å². The standard InChI is InChI=1S/C21H31N5O4.ClH/c22-21(23)15-1-4-17(5-2-15)25-9-11-26(12-10-25)18-7-8-24(14-20(29)30)13-16(18)3-6-19(27)28;/h1-2,4-5,16,18H,3,6-14H2,(H3,22,23)(H,27,28)(H,29,30);1H. The molecule has 10 heteroatoms. The highest BCUT2D eigenvalue weighted by Crippen LogP contribution is 2.28. The van der Waals surface area contributed by atoms with Gasteiger partial charge < -0.3 is 20.8 Å². The maximum absolute atomic E-state index is 11.1. The molecule has 9 nitrogen and oxygen atoms in total. The maximum atomic E-state index is 11.1. The molecule has 1 aromatic rings. The molecule has 2 aliphatic heterocycles. The first-order valence-corrected chi connectivity index (χ1v) is 10.4. The molecule has 0 aliphatic carbocycles. The number of likely N-dealkylation sites (tertiary alicyclic amines) is 1. The molecule has 2 atom stereocenters. The number of carboxylic acid groups (broad SMARTS) is 2. The maximum Gasteiger partial charge on any atom is 0.317 e. The van der Waals surface area contributed by atoms with Gasteiger partial charge in [0.15, 0.2) is 0 Å². The van der Waals surface area contributed by atoms with Gasteiger partial charge in [-0.05, 0) is 43.0 Å². The Labute approximate surface area is 188 Å². The van der Waals surface area contributed by atoms with Crippen molar-refractivity contribution in [2.75, 3.05) is 50.7 Å². The molecule has 0 aromatic heterocycles. The van der Waals surface area contributed by atoms with Gasteiger partial charge in [-0.3, -0.25) is 24.8 Å². The van der Waals surface area contributed by atoms with E-state index in [2.05, 4.69) is 9.80 Å². The molecule has 0 bridgehead atoms. The van der Waals surface area contributed by atoms with Crippen molar-refractivity contribution >= 4 is 35.9 Å². The third-order valence-electron chi connectivity index (χ3n) is 6.19. The Bertz CT molecular complexity index is 768. The van der Waals surface area contributed by atoms with Crippen molar-refractivity contribution in [3.05, 3.63) is 29.8 Å². The van der Waals surface area contributed by atoms with Crippen LogP contribution in [0.2, 0.25) is 0 Å². The van der Waals surface area contributed by atoms with Crippen LogP contribution in [-0.4, -0.2) is 89.6 Å². The molecule has 3 rings (SSSR count). The molecular weight excluding hydrogens is 422 g/mol. The second kappa shape index (κ2) is 11.3. The Morgan fingerprint density at radius 2 is 1.68 bits per heavy atom. The summed E-state index contributed by atoms with van der Waals surface area (Å²) in [7, 11) is 0. The van der Waals surface area contributed by atoms with Gasteiger partial charge in [-0.15, -0.1) is 12.4 Å². The van der Waals surface area contributed by atoms with Crippen LogP contribution in [0.1, 0.15) is 24.8 Å². The number of piperidine rings is 1. The molecule has 172 valence electrons. The minimum atomic E-state index is -0.838. The number of amidine groups is 1. The Morgan fingerprint density at radius 3 is 2.23 bits per heavy atom. The van der Waals surface area contributed by atoms with E-state index in [1.165, 1.54) is 0 Å². The first-order chi connectivity index (χ1) is 14.3. The monoisotopic (exact) mass is 453 g/mol. The van der Waals surface area contributed by atoms with Gasteiger partial charge in [0.05, 0.1) is 6.54 Å². The fourth-order valence-electron chi connectivity index (χ4n) is 4.67. The molecule has 0 spiro atoms. The lowest BCUT2D eigenvalue weighted by Gasteiger charge is -2.47. The highest BCUT2D eigenvalue weighted by molar-refractivity contribution is 5.95. The number of rotatable bonds is 8. The quantitative estimate of drug-likeness (QED) is 0.340. The molecule has 0 radical (unpaired) electrons. The molecule has 5 N–H and O–H groups in total. The number of halogens is 1. The van der Waals surface area contributed by atoms with Crippen LogP contribution in [0.5, 0.6) is 0 Å². The summed E-state index contributed by atoms with van der Waals surface area (Å²) in [6.45, 7) is 4.91. The molecule has 31 heavy (non-hydrogen) atoms. The van der Waals surface area contributed by atoms with E-state index in [-0.39, 0.29) is 43.2 Å². The second-order valence-corrected chi connectivity index (χ2v) is 8.16. The number of piperazine rings is 1. The van der Waals surface area contributed by atoms with E-state index >= 15 is 0 Å². The number of hydrogen-bond acceptors (Lipinski definition) is 6. The molecule has 1 aromatic carbocycles. The fraction of sp³-hybridized carbons (Fsp3) is 0.571. The summed E-state index contributed by atoms with van der Waals surface area (Å²) < 4.78 is 0. The Kier molecular flexibility index (Phi) is 9.09. The SMILES string of the molecule is Cl.N=C(N)c1ccc(N2CCN(C3CCN(CC(=O)O)CC3CCC(=O)O)CC2)cc1. The van der Waals surface area contributed by atoms with Crippen molar-refractivity contribution in [1.82, 2.24) is 9.80 Å². The topological polar surface area (TPSA) is 134 Å². The first kappa shape index (κ1) is 24.9. The highest BCUT2D eigenvalue weighted by Gasteiger charge is 2.35. The lowest BCUT2D eigenvalue weighted by atomic mass is 9.86. The van der Waals surface area contributed by atoms with Gasteiger partial charge >= 0.3 is 11.9 Å². The normalized spacial score (nSPS) is 22.5. The third kappa shape index (κ3) is 6.81. The van der Waals surface area contributed by atoms with Gasteiger partial charge in [-0.2, -0.15) is 0 Å². The zero-order valence-electron chi connectivity index (χ0n) is 17.6. The van der Waals surface area contributed by atoms with E-state index in [0.717, 1.165) is 44.8 Å². The number of nitrogens with two attached hydrogens (primary N) is 1. The van der Waals surface area contributed by atoms with Gasteiger partial charge in [0.2, 0.25) is 0 Å². The third-order valence-corrected chi connectivity index (χ3v) is 6.19. The van der Waals surface area contributed by atoms with E-state index in [1.54, 1.807) is 0 Å². The van der Waals surface area contributed by atoms with Crippen molar-refractivity contribution in [2.24, 2.45) is 11.7 Å².